The molecular weight excluding hydrogens is 326 g/mol. The van der Waals surface area contributed by atoms with Crippen LogP contribution in [0.4, 0.5) is 11.4 Å². The van der Waals surface area contributed by atoms with Crippen molar-refractivity contribution >= 4 is 34.1 Å². The van der Waals surface area contributed by atoms with Crippen LogP contribution in [0.3, 0.4) is 0 Å². The molecule has 0 bridgehead atoms. The zero-order chi connectivity index (χ0) is 18.3. The van der Waals surface area contributed by atoms with Gasteiger partial charge in [0, 0.05) is 18.9 Å². The van der Waals surface area contributed by atoms with Crippen molar-refractivity contribution in [1.29, 1.82) is 0 Å². The number of pyridine rings is 1. The minimum atomic E-state index is -0.154. The number of nitrogens with zero attached hydrogens (tertiary/aromatic N) is 3. The topological polar surface area (TPSA) is 53.5 Å². The molecular formula is C21H19N3O2. The standard InChI is InChI=1S/C21H19N3O2/c1-14-13-23(19-9-5-6-10-20(19)24(14)15(2)25)21(26)18-12-11-16-7-3-4-8-17(16)22-18/h3-12,14H,13H2,1-2H3/t14-/m0/s1. The quantitative estimate of drug-likeness (QED) is 0.677. The number of fused-ring (bicyclic) bond motifs is 2. The number of carbonyl (C=O) groups excluding carboxylic acids is 2. The van der Waals surface area contributed by atoms with Crippen LogP contribution in [0.5, 0.6) is 0 Å². The second-order valence-corrected chi connectivity index (χ2v) is 6.53. The molecule has 1 atom stereocenters. The Hall–Kier alpha value is -3.21. The van der Waals surface area contributed by atoms with Gasteiger partial charge in [-0.15, -0.1) is 0 Å². The van der Waals surface area contributed by atoms with Crippen LogP contribution >= 0.6 is 0 Å². The van der Waals surface area contributed by atoms with Crippen molar-refractivity contribution in [2.45, 2.75) is 19.9 Å². The Bertz CT molecular complexity index is 1010. The number of benzene rings is 2. The van der Waals surface area contributed by atoms with Crippen LogP contribution in [0.2, 0.25) is 0 Å². The van der Waals surface area contributed by atoms with Crippen molar-refractivity contribution in [2.75, 3.05) is 16.3 Å². The first-order valence-corrected chi connectivity index (χ1v) is 8.63. The van der Waals surface area contributed by atoms with E-state index in [2.05, 4.69) is 4.98 Å². The summed E-state index contributed by atoms with van der Waals surface area (Å²) < 4.78 is 0. The highest BCUT2D eigenvalue weighted by atomic mass is 16.2. The van der Waals surface area contributed by atoms with Crippen LogP contribution in [0.25, 0.3) is 10.9 Å². The van der Waals surface area contributed by atoms with Crippen LogP contribution in [0.15, 0.2) is 60.7 Å². The monoisotopic (exact) mass is 345 g/mol. The van der Waals surface area contributed by atoms with Gasteiger partial charge >= 0.3 is 0 Å². The van der Waals surface area contributed by atoms with Crippen molar-refractivity contribution in [3.05, 3.63) is 66.4 Å². The van der Waals surface area contributed by atoms with E-state index in [-0.39, 0.29) is 17.9 Å². The highest BCUT2D eigenvalue weighted by Gasteiger charge is 2.34. The van der Waals surface area contributed by atoms with E-state index in [1.807, 2.05) is 61.5 Å². The lowest BCUT2D eigenvalue weighted by Gasteiger charge is -2.40. The van der Waals surface area contributed by atoms with Crippen LogP contribution in [-0.4, -0.2) is 29.4 Å². The molecule has 2 heterocycles. The summed E-state index contributed by atoms with van der Waals surface area (Å²) in [7, 11) is 0. The molecule has 0 fully saturated rings. The van der Waals surface area contributed by atoms with E-state index in [1.54, 1.807) is 22.8 Å². The molecule has 0 unspecified atom stereocenters. The normalized spacial score (nSPS) is 16.5. The summed E-state index contributed by atoms with van der Waals surface area (Å²) in [6, 6.07) is 18.8. The molecule has 2 aromatic carbocycles. The summed E-state index contributed by atoms with van der Waals surface area (Å²) >= 11 is 0. The number of aromatic nitrogens is 1. The van der Waals surface area contributed by atoms with E-state index in [0.29, 0.717) is 12.2 Å². The van der Waals surface area contributed by atoms with Crippen molar-refractivity contribution in [3.63, 3.8) is 0 Å². The maximum atomic E-state index is 13.2. The number of anilines is 2. The molecule has 0 saturated heterocycles. The van der Waals surface area contributed by atoms with Crippen molar-refractivity contribution in [2.24, 2.45) is 0 Å². The zero-order valence-electron chi connectivity index (χ0n) is 14.7. The first-order chi connectivity index (χ1) is 12.6. The Kier molecular flexibility index (Phi) is 3.92. The van der Waals surface area contributed by atoms with E-state index < -0.39 is 0 Å². The first-order valence-electron chi connectivity index (χ1n) is 8.63. The summed E-state index contributed by atoms with van der Waals surface area (Å²) in [4.78, 5) is 33.3. The number of carbonyl (C=O) groups is 2. The molecule has 26 heavy (non-hydrogen) atoms. The highest BCUT2D eigenvalue weighted by Crippen LogP contribution is 2.36. The number of para-hydroxylation sites is 3. The summed E-state index contributed by atoms with van der Waals surface area (Å²) in [5.74, 6) is -0.181. The van der Waals surface area contributed by atoms with E-state index in [0.717, 1.165) is 22.3 Å². The number of amides is 2. The summed E-state index contributed by atoms with van der Waals surface area (Å²) in [6.45, 7) is 3.94. The van der Waals surface area contributed by atoms with Gasteiger partial charge in [0.05, 0.1) is 22.9 Å². The number of hydrogen-bond donors (Lipinski definition) is 0. The molecule has 0 spiro atoms. The minimum absolute atomic E-state index is 0.0270. The minimum Gasteiger partial charge on any atom is -0.306 e. The molecule has 0 saturated carbocycles. The van der Waals surface area contributed by atoms with Gasteiger partial charge in [-0.1, -0.05) is 36.4 Å². The lowest BCUT2D eigenvalue weighted by atomic mass is 10.1. The molecule has 130 valence electrons. The molecule has 5 heteroatoms. The maximum Gasteiger partial charge on any atom is 0.277 e. The number of rotatable bonds is 1. The fourth-order valence-electron chi connectivity index (χ4n) is 3.57. The Labute approximate surface area is 151 Å². The lowest BCUT2D eigenvalue weighted by molar-refractivity contribution is -0.117. The summed E-state index contributed by atoms with van der Waals surface area (Å²) in [6.07, 6.45) is 0. The van der Waals surface area contributed by atoms with Crippen molar-refractivity contribution in [3.8, 4) is 0 Å². The predicted molar refractivity (Wildman–Crippen MR) is 102 cm³/mol. The Morgan fingerprint density at radius 3 is 2.42 bits per heavy atom. The van der Waals surface area contributed by atoms with E-state index in [9.17, 15) is 9.59 Å². The third-order valence-electron chi connectivity index (χ3n) is 4.72. The van der Waals surface area contributed by atoms with Gasteiger partial charge in [0.2, 0.25) is 5.91 Å². The SMILES string of the molecule is CC(=O)N1c2ccccc2N(C(=O)c2ccc3ccccc3n2)C[C@@H]1C. The highest BCUT2D eigenvalue weighted by molar-refractivity contribution is 6.10. The fourth-order valence-corrected chi connectivity index (χ4v) is 3.57. The van der Waals surface area contributed by atoms with Gasteiger partial charge in [0.15, 0.2) is 0 Å². The smallest absolute Gasteiger partial charge is 0.277 e. The first kappa shape index (κ1) is 16.3. The van der Waals surface area contributed by atoms with Gasteiger partial charge in [-0.25, -0.2) is 4.98 Å². The third kappa shape index (κ3) is 2.62. The Morgan fingerprint density at radius 1 is 0.962 bits per heavy atom. The van der Waals surface area contributed by atoms with Gasteiger partial charge in [-0.05, 0) is 31.2 Å². The Morgan fingerprint density at radius 2 is 1.65 bits per heavy atom. The molecule has 0 radical (unpaired) electrons. The Balaban J connectivity index is 1.77. The molecule has 2 amide bonds. The van der Waals surface area contributed by atoms with Crippen molar-refractivity contribution < 1.29 is 9.59 Å². The van der Waals surface area contributed by atoms with Crippen LogP contribution in [0.1, 0.15) is 24.3 Å². The van der Waals surface area contributed by atoms with Crippen LogP contribution in [-0.2, 0) is 4.79 Å². The van der Waals surface area contributed by atoms with Crippen LogP contribution < -0.4 is 9.80 Å². The third-order valence-corrected chi connectivity index (χ3v) is 4.72. The zero-order valence-corrected chi connectivity index (χ0v) is 14.7. The second-order valence-electron chi connectivity index (χ2n) is 6.53. The van der Waals surface area contributed by atoms with Gasteiger partial charge < -0.3 is 9.80 Å². The largest absolute Gasteiger partial charge is 0.306 e. The second kappa shape index (κ2) is 6.26. The average molecular weight is 345 g/mol. The predicted octanol–water partition coefficient (Wildman–Crippen LogP) is 3.64. The van der Waals surface area contributed by atoms with Crippen molar-refractivity contribution in [1.82, 2.24) is 4.98 Å². The van der Waals surface area contributed by atoms with E-state index >= 15 is 0 Å². The maximum absolute atomic E-state index is 13.2. The molecule has 4 rings (SSSR count). The fraction of sp³-hybridized carbons (Fsp3) is 0.190. The van der Waals surface area contributed by atoms with Gasteiger partial charge in [0.1, 0.15) is 5.69 Å². The molecule has 3 aromatic rings. The van der Waals surface area contributed by atoms with Gasteiger partial charge in [-0.2, -0.15) is 0 Å². The number of hydrogen-bond acceptors (Lipinski definition) is 3. The molecule has 1 aromatic heterocycles. The van der Waals surface area contributed by atoms with Gasteiger partial charge in [-0.3, -0.25) is 9.59 Å². The van der Waals surface area contributed by atoms with E-state index in [4.69, 9.17) is 0 Å². The summed E-state index contributed by atoms with van der Waals surface area (Å²) in [5.41, 5.74) is 2.69. The molecule has 0 N–H and O–H groups in total. The molecule has 0 aliphatic carbocycles. The van der Waals surface area contributed by atoms with E-state index in [1.165, 1.54) is 0 Å². The lowest BCUT2D eigenvalue weighted by Crippen LogP contribution is -2.51. The molecule has 5 nitrogen and oxygen atoms in total. The van der Waals surface area contributed by atoms with Crippen LogP contribution in [0, 0.1) is 0 Å². The summed E-state index contributed by atoms with van der Waals surface area (Å²) in [5, 5.41) is 0.999. The molecule has 1 aliphatic heterocycles. The average Bonchev–Trinajstić information content (AvgIpc) is 2.66. The van der Waals surface area contributed by atoms with Gasteiger partial charge in [0.25, 0.3) is 5.91 Å². The molecule has 1 aliphatic rings.